The van der Waals surface area contributed by atoms with Gasteiger partial charge in [-0.05, 0) is 43.0 Å². The van der Waals surface area contributed by atoms with E-state index in [0.717, 1.165) is 12.8 Å². The van der Waals surface area contributed by atoms with Crippen LogP contribution in [0.3, 0.4) is 0 Å². The summed E-state index contributed by atoms with van der Waals surface area (Å²) in [7, 11) is -3.55. The van der Waals surface area contributed by atoms with Crippen LogP contribution in [0.4, 0.5) is 0 Å². The Morgan fingerprint density at radius 2 is 1.78 bits per heavy atom. The van der Waals surface area contributed by atoms with Gasteiger partial charge in [-0.1, -0.05) is 6.92 Å². The zero-order valence-electron chi connectivity index (χ0n) is 12.9. The first-order valence-electron chi connectivity index (χ1n) is 7.41. The van der Waals surface area contributed by atoms with Gasteiger partial charge in [-0.2, -0.15) is 4.31 Å². The van der Waals surface area contributed by atoms with Crippen molar-refractivity contribution in [1.29, 1.82) is 0 Å². The molecule has 1 fully saturated rings. The number of carbonyl (C=O) groups excluding carboxylic acids is 1. The van der Waals surface area contributed by atoms with Crippen molar-refractivity contribution in [3.8, 4) is 0 Å². The molecule has 0 radical (unpaired) electrons. The van der Waals surface area contributed by atoms with Crippen LogP contribution in [0.5, 0.6) is 0 Å². The fraction of sp³-hybridized carbons (Fsp3) is 0.467. The highest BCUT2D eigenvalue weighted by molar-refractivity contribution is 7.89. The van der Waals surface area contributed by atoms with Gasteiger partial charge in [0.05, 0.1) is 4.90 Å². The van der Waals surface area contributed by atoms with Crippen molar-refractivity contribution in [2.24, 2.45) is 5.92 Å². The fourth-order valence-corrected chi connectivity index (χ4v) is 3.88. The second-order valence-electron chi connectivity index (χ2n) is 5.69. The minimum Gasteiger partial charge on any atom is -0.480 e. The van der Waals surface area contributed by atoms with Crippen molar-refractivity contribution >= 4 is 21.9 Å². The molecule has 0 unspecified atom stereocenters. The van der Waals surface area contributed by atoms with Crippen molar-refractivity contribution in [2.45, 2.75) is 24.7 Å². The van der Waals surface area contributed by atoms with Crippen LogP contribution in [0, 0.1) is 5.92 Å². The number of aliphatic carboxylic acids is 1. The number of carbonyl (C=O) groups is 2. The molecule has 8 heteroatoms. The lowest BCUT2D eigenvalue weighted by Gasteiger charge is -2.29. The van der Waals surface area contributed by atoms with Gasteiger partial charge in [0.25, 0.3) is 5.91 Å². The van der Waals surface area contributed by atoms with Crippen LogP contribution in [-0.2, 0) is 14.8 Å². The molecule has 1 heterocycles. The molecular formula is C15H20N2O5S. The van der Waals surface area contributed by atoms with Crippen LogP contribution in [0.2, 0.25) is 0 Å². The molecule has 1 amide bonds. The number of hydrogen-bond acceptors (Lipinski definition) is 4. The number of amides is 1. The van der Waals surface area contributed by atoms with Crippen LogP contribution < -0.4 is 5.32 Å². The van der Waals surface area contributed by atoms with Crippen LogP contribution in [0.15, 0.2) is 29.2 Å². The average molecular weight is 340 g/mol. The topological polar surface area (TPSA) is 104 Å². The zero-order chi connectivity index (χ0) is 17.0. The van der Waals surface area contributed by atoms with Gasteiger partial charge in [0.2, 0.25) is 10.0 Å². The molecule has 2 rings (SSSR count). The van der Waals surface area contributed by atoms with Crippen LogP contribution in [0.1, 0.15) is 30.1 Å². The Kier molecular flexibility index (Phi) is 5.38. The number of piperidine rings is 1. The van der Waals surface area contributed by atoms with Gasteiger partial charge >= 0.3 is 5.97 Å². The molecule has 1 aromatic rings. The van der Waals surface area contributed by atoms with Gasteiger partial charge in [0, 0.05) is 18.7 Å². The monoisotopic (exact) mass is 340 g/mol. The largest absolute Gasteiger partial charge is 0.480 e. The lowest BCUT2D eigenvalue weighted by atomic mass is 10.0. The number of benzene rings is 1. The summed E-state index contributed by atoms with van der Waals surface area (Å²) in [5.74, 6) is -1.17. The third-order valence-electron chi connectivity index (χ3n) is 3.90. The van der Waals surface area contributed by atoms with Gasteiger partial charge in [0.15, 0.2) is 0 Å². The van der Waals surface area contributed by atoms with E-state index in [-0.39, 0.29) is 10.5 Å². The highest BCUT2D eigenvalue weighted by Gasteiger charge is 2.28. The number of hydrogen-bond donors (Lipinski definition) is 2. The number of rotatable bonds is 5. The Hall–Kier alpha value is -1.93. The van der Waals surface area contributed by atoms with Crippen LogP contribution >= 0.6 is 0 Å². The lowest BCUT2D eigenvalue weighted by Crippen LogP contribution is -2.37. The van der Waals surface area contributed by atoms with Gasteiger partial charge in [-0.3, -0.25) is 9.59 Å². The molecular weight excluding hydrogens is 320 g/mol. The molecule has 126 valence electrons. The molecule has 1 aliphatic heterocycles. The summed E-state index contributed by atoms with van der Waals surface area (Å²) in [5.41, 5.74) is 0.220. The molecule has 2 N–H and O–H groups in total. The van der Waals surface area contributed by atoms with E-state index in [1.165, 1.54) is 28.6 Å². The second-order valence-corrected chi connectivity index (χ2v) is 7.63. The average Bonchev–Trinajstić information content (AvgIpc) is 2.53. The Labute approximate surface area is 135 Å². The predicted octanol–water partition coefficient (Wildman–Crippen LogP) is 0.922. The molecule has 0 bridgehead atoms. The van der Waals surface area contributed by atoms with E-state index in [2.05, 4.69) is 12.2 Å². The number of carboxylic acids is 1. The highest BCUT2D eigenvalue weighted by Crippen LogP contribution is 2.23. The standard InChI is InChI=1S/C15H20N2O5S/c1-11-6-8-17(9-7-11)23(21,22)13-4-2-12(3-5-13)15(20)16-10-14(18)19/h2-5,11H,6-10H2,1H3,(H,16,20)(H,18,19). The number of sulfonamides is 1. The first kappa shape index (κ1) is 17.4. The Balaban J connectivity index is 2.09. The first-order chi connectivity index (χ1) is 10.8. The third kappa shape index (κ3) is 4.29. The quantitative estimate of drug-likeness (QED) is 0.829. The van der Waals surface area contributed by atoms with Crippen LogP contribution in [-0.4, -0.2) is 49.3 Å². The molecule has 1 aromatic carbocycles. The Morgan fingerprint density at radius 3 is 2.30 bits per heavy atom. The summed E-state index contributed by atoms with van der Waals surface area (Å²) < 4.78 is 26.5. The smallest absolute Gasteiger partial charge is 0.322 e. The molecule has 0 atom stereocenters. The summed E-state index contributed by atoms with van der Waals surface area (Å²) in [6.45, 7) is 2.63. The van der Waals surface area contributed by atoms with Gasteiger partial charge in [-0.25, -0.2) is 8.42 Å². The van der Waals surface area contributed by atoms with E-state index >= 15 is 0 Å². The first-order valence-corrected chi connectivity index (χ1v) is 8.85. The van der Waals surface area contributed by atoms with Gasteiger partial charge < -0.3 is 10.4 Å². The maximum atomic E-state index is 12.5. The number of carboxylic acid groups (broad SMARTS) is 1. The molecule has 1 aliphatic rings. The van der Waals surface area contributed by atoms with E-state index < -0.39 is 28.4 Å². The maximum absolute atomic E-state index is 12.5. The van der Waals surface area contributed by atoms with Crippen molar-refractivity contribution in [1.82, 2.24) is 9.62 Å². The summed E-state index contributed by atoms with van der Waals surface area (Å²) in [6, 6.07) is 5.53. The van der Waals surface area contributed by atoms with E-state index in [1.54, 1.807) is 0 Å². The zero-order valence-corrected chi connectivity index (χ0v) is 13.7. The lowest BCUT2D eigenvalue weighted by molar-refractivity contribution is -0.135. The Bertz CT molecular complexity index is 676. The third-order valence-corrected chi connectivity index (χ3v) is 5.81. The van der Waals surface area contributed by atoms with Crippen molar-refractivity contribution in [2.75, 3.05) is 19.6 Å². The SMILES string of the molecule is CC1CCN(S(=O)(=O)c2ccc(C(=O)NCC(=O)O)cc2)CC1. The highest BCUT2D eigenvalue weighted by atomic mass is 32.2. The van der Waals surface area contributed by atoms with Gasteiger partial charge in [0.1, 0.15) is 6.54 Å². The van der Waals surface area contributed by atoms with E-state index in [0.29, 0.717) is 19.0 Å². The molecule has 0 saturated carbocycles. The minimum absolute atomic E-state index is 0.141. The van der Waals surface area contributed by atoms with E-state index in [9.17, 15) is 18.0 Å². The summed E-state index contributed by atoms with van der Waals surface area (Å²) in [5, 5.41) is 10.7. The maximum Gasteiger partial charge on any atom is 0.322 e. The molecule has 0 spiro atoms. The van der Waals surface area contributed by atoms with Crippen molar-refractivity contribution in [3.63, 3.8) is 0 Å². The minimum atomic E-state index is -3.55. The predicted molar refractivity (Wildman–Crippen MR) is 83.6 cm³/mol. The molecule has 7 nitrogen and oxygen atoms in total. The number of nitrogens with zero attached hydrogens (tertiary/aromatic N) is 1. The molecule has 23 heavy (non-hydrogen) atoms. The molecule has 0 aromatic heterocycles. The van der Waals surface area contributed by atoms with E-state index in [1.807, 2.05) is 0 Å². The summed E-state index contributed by atoms with van der Waals surface area (Å²) in [6.07, 6.45) is 1.68. The fourth-order valence-electron chi connectivity index (χ4n) is 2.41. The Morgan fingerprint density at radius 1 is 1.22 bits per heavy atom. The second kappa shape index (κ2) is 7.10. The molecule has 1 saturated heterocycles. The van der Waals surface area contributed by atoms with Crippen LogP contribution in [0.25, 0.3) is 0 Å². The normalized spacial score (nSPS) is 16.9. The summed E-state index contributed by atoms with van der Waals surface area (Å²) in [4.78, 5) is 22.3. The molecule has 0 aliphatic carbocycles. The van der Waals surface area contributed by atoms with Crippen molar-refractivity contribution < 1.29 is 23.1 Å². The number of nitrogens with one attached hydrogen (secondary N) is 1. The van der Waals surface area contributed by atoms with Gasteiger partial charge in [-0.15, -0.1) is 0 Å². The van der Waals surface area contributed by atoms with Crippen molar-refractivity contribution in [3.05, 3.63) is 29.8 Å². The summed E-state index contributed by atoms with van der Waals surface area (Å²) >= 11 is 0. The van der Waals surface area contributed by atoms with E-state index in [4.69, 9.17) is 5.11 Å².